The van der Waals surface area contributed by atoms with Crippen LogP contribution in [0.15, 0.2) is 36.9 Å². The standard InChI is InChI=1S/C13H17N5O.ClH/c1-10(17-13(19)7-14-2)11-3-5-12(6-4-11)18-9-15-8-16-18;/h3-6,8-10,14H,7H2,1-2H3,(H,17,19);1H. The summed E-state index contributed by atoms with van der Waals surface area (Å²) in [5, 5.41) is 9.80. The normalized spacial score (nSPS) is 11.5. The molecule has 6 nitrogen and oxygen atoms in total. The van der Waals surface area contributed by atoms with Crippen molar-refractivity contribution in [3.05, 3.63) is 42.5 Å². The number of carbonyl (C=O) groups excluding carboxylic acids is 1. The molecule has 0 radical (unpaired) electrons. The molecule has 7 heteroatoms. The third-order valence-electron chi connectivity index (χ3n) is 2.79. The summed E-state index contributed by atoms with van der Waals surface area (Å²) in [6.45, 7) is 2.28. The quantitative estimate of drug-likeness (QED) is 0.866. The third-order valence-corrected chi connectivity index (χ3v) is 2.79. The lowest BCUT2D eigenvalue weighted by molar-refractivity contribution is -0.120. The number of nitrogens with one attached hydrogen (secondary N) is 2. The molecule has 1 amide bonds. The van der Waals surface area contributed by atoms with Crippen LogP contribution in [0.5, 0.6) is 0 Å². The topological polar surface area (TPSA) is 71.8 Å². The van der Waals surface area contributed by atoms with Crippen molar-refractivity contribution in [3.8, 4) is 5.69 Å². The van der Waals surface area contributed by atoms with Crippen LogP contribution in [0.4, 0.5) is 0 Å². The highest BCUT2D eigenvalue weighted by atomic mass is 35.5. The minimum absolute atomic E-state index is 0. The molecule has 0 fully saturated rings. The van der Waals surface area contributed by atoms with E-state index in [1.807, 2.05) is 31.2 Å². The largest absolute Gasteiger partial charge is 0.348 e. The fourth-order valence-electron chi connectivity index (χ4n) is 1.79. The van der Waals surface area contributed by atoms with Crippen molar-refractivity contribution in [2.75, 3.05) is 13.6 Å². The van der Waals surface area contributed by atoms with Crippen molar-refractivity contribution < 1.29 is 4.79 Å². The molecule has 0 saturated heterocycles. The molecule has 1 atom stereocenters. The summed E-state index contributed by atoms with van der Waals surface area (Å²) >= 11 is 0. The maximum atomic E-state index is 11.5. The van der Waals surface area contributed by atoms with Gasteiger partial charge in [-0.2, -0.15) is 5.10 Å². The zero-order valence-electron chi connectivity index (χ0n) is 11.4. The van der Waals surface area contributed by atoms with E-state index in [1.165, 1.54) is 6.33 Å². The predicted molar refractivity (Wildman–Crippen MR) is 79.1 cm³/mol. The first-order valence-corrected chi connectivity index (χ1v) is 6.09. The Morgan fingerprint density at radius 3 is 2.60 bits per heavy atom. The Morgan fingerprint density at radius 2 is 2.05 bits per heavy atom. The van der Waals surface area contributed by atoms with Gasteiger partial charge in [0.05, 0.1) is 18.3 Å². The van der Waals surface area contributed by atoms with Crippen LogP contribution in [0.2, 0.25) is 0 Å². The van der Waals surface area contributed by atoms with Crippen molar-refractivity contribution >= 4 is 18.3 Å². The number of carbonyl (C=O) groups is 1. The summed E-state index contributed by atoms with van der Waals surface area (Å²) in [5.41, 5.74) is 1.99. The fraction of sp³-hybridized carbons (Fsp3) is 0.308. The Kier molecular flexibility index (Phi) is 6.14. The van der Waals surface area contributed by atoms with Gasteiger partial charge < -0.3 is 10.6 Å². The maximum Gasteiger partial charge on any atom is 0.234 e. The fourth-order valence-corrected chi connectivity index (χ4v) is 1.79. The molecule has 2 N–H and O–H groups in total. The van der Waals surface area contributed by atoms with Gasteiger partial charge in [-0.1, -0.05) is 12.1 Å². The number of hydrogen-bond donors (Lipinski definition) is 2. The van der Waals surface area contributed by atoms with Crippen LogP contribution in [0, 0.1) is 0 Å². The molecule has 0 bridgehead atoms. The summed E-state index contributed by atoms with van der Waals surface area (Å²) < 4.78 is 1.69. The molecular formula is C13H18ClN5O. The average molecular weight is 296 g/mol. The second-order valence-corrected chi connectivity index (χ2v) is 4.25. The monoisotopic (exact) mass is 295 g/mol. The van der Waals surface area contributed by atoms with Crippen LogP contribution < -0.4 is 10.6 Å². The van der Waals surface area contributed by atoms with E-state index in [0.717, 1.165) is 11.3 Å². The highest BCUT2D eigenvalue weighted by Crippen LogP contribution is 2.14. The first kappa shape index (κ1) is 16.1. The lowest BCUT2D eigenvalue weighted by Crippen LogP contribution is -2.33. The van der Waals surface area contributed by atoms with E-state index in [-0.39, 0.29) is 24.4 Å². The number of nitrogens with zero attached hydrogens (tertiary/aromatic N) is 3. The van der Waals surface area contributed by atoms with Crippen LogP contribution in [0.25, 0.3) is 5.69 Å². The molecule has 20 heavy (non-hydrogen) atoms. The van der Waals surface area contributed by atoms with Crippen molar-refractivity contribution in [1.82, 2.24) is 25.4 Å². The van der Waals surface area contributed by atoms with Gasteiger partial charge in [0.2, 0.25) is 5.91 Å². The van der Waals surface area contributed by atoms with E-state index in [2.05, 4.69) is 20.7 Å². The summed E-state index contributed by atoms with van der Waals surface area (Å²) in [5.74, 6) is -0.0182. The van der Waals surface area contributed by atoms with Crippen LogP contribution in [-0.2, 0) is 4.79 Å². The lowest BCUT2D eigenvalue weighted by atomic mass is 10.1. The molecule has 1 unspecified atom stereocenters. The van der Waals surface area contributed by atoms with E-state index >= 15 is 0 Å². The molecule has 0 saturated carbocycles. The van der Waals surface area contributed by atoms with Gasteiger partial charge in [-0.25, -0.2) is 9.67 Å². The summed E-state index contributed by atoms with van der Waals surface area (Å²) in [4.78, 5) is 15.4. The van der Waals surface area contributed by atoms with Gasteiger partial charge in [-0.05, 0) is 31.7 Å². The maximum absolute atomic E-state index is 11.5. The Balaban J connectivity index is 0.00000200. The SMILES string of the molecule is CNCC(=O)NC(C)c1ccc(-n2cncn2)cc1.Cl. The second-order valence-electron chi connectivity index (χ2n) is 4.25. The zero-order chi connectivity index (χ0) is 13.7. The van der Waals surface area contributed by atoms with Gasteiger partial charge in [-0.3, -0.25) is 4.79 Å². The number of rotatable bonds is 5. The number of aromatic nitrogens is 3. The molecule has 0 aliphatic heterocycles. The number of hydrogen-bond acceptors (Lipinski definition) is 4. The number of likely N-dealkylation sites (N-methyl/N-ethyl adjacent to an activating group) is 1. The molecule has 2 aromatic rings. The summed E-state index contributed by atoms with van der Waals surface area (Å²) in [6.07, 6.45) is 3.14. The van der Waals surface area contributed by atoms with E-state index in [4.69, 9.17) is 0 Å². The smallest absolute Gasteiger partial charge is 0.234 e. The molecule has 1 heterocycles. The van der Waals surface area contributed by atoms with Gasteiger partial charge in [0.15, 0.2) is 0 Å². The minimum Gasteiger partial charge on any atom is -0.348 e. The van der Waals surface area contributed by atoms with Crippen LogP contribution >= 0.6 is 12.4 Å². The first-order chi connectivity index (χ1) is 9.20. The van der Waals surface area contributed by atoms with Gasteiger partial charge >= 0.3 is 0 Å². The molecule has 0 aliphatic carbocycles. The number of amides is 1. The van der Waals surface area contributed by atoms with Gasteiger partial charge in [0.25, 0.3) is 0 Å². The van der Waals surface area contributed by atoms with E-state index in [9.17, 15) is 4.79 Å². The predicted octanol–water partition coefficient (Wildman–Crippen LogP) is 1.09. The summed E-state index contributed by atoms with van der Waals surface area (Å²) in [7, 11) is 1.75. The van der Waals surface area contributed by atoms with Gasteiger partial charge in [-0.15, -0.1) is 12.4 Å². The lowest BCUT2D eigenvalue weighted by Gasteiger charge is -2.14. The molecule has 1 aromatic heterocycles. The second kappa shape index (κ2) is 7.62. The third kappa shape index (κ3) is 4.04. The Morgan fingerprint density at radius 1 is 1.35 bits per heavy atom. The highest BCUT2D eigenvalue weighted by molar-refractivity contribution is 5.85. The van der Waals surface area contributed by atoms with Crippen LogP contribution in [-0.4, -0.2) is 34.3 Å². The highest BCUT2D eigenvalue weighted by Gasteiger charge is 2.08. The molecule has 0 spiro atoms. The Bertz CT molecular complexity index is 526. The minimum atomic E-state index is -0.0225. The van der Waals surface area contributed by atoms with Crippen molar-refractivity contribution in [2.45, 2.75) is 13.0 Å². The molecule has 1 aromatic carbocycles. The van der Waals surface area contributed by atoms with E-state index < -0.39 is 0 Å². The number of benzene rings is 1. The van der Waals surface area contributed by atoms with Crippen molar-refractivity contribution in [3.63, 3.8) is 0 Å². The average Bonchev–Trinajstić information content (AvgIpc) is 2.93. The zero-order valence-corrected chi connectivity index (χ0v) is 12.2. The molecule has 108 valence electrons. The van der Waals surface area contributed by atoms with Crippen molar-refractivity contribution in [1.29, 1.82) is 0 Å². The van der Waals surface area contributed by atoms with Crippen LogP contribution in [0.3, 0.4) is 0 Å². The molecule has 2 rings (SSSR count). The van der Waals surface area contributed by atoms with E-state index in [0.29, 0.717) is 6.54 Å². The van der Waals surface area contributed by atoms with Crippen molar-refractivity contribution in [2.24, 2.45) is 0 Å². The van der Waals surface area contributed by atoms with Crippen LogP contribution in [0.1, 0.15) is 18.5 Å². The Labute approximate surface area is 124 Å². The summed E-state index contributed by atoms with van der Waals surface area (Å²) in [6, 6.07) is 7.82. The van der Waals surface area contributed by atoms with E-state index in [1.54, 1.807) is 18.1 Å². The molecular weight excluding hydrogens is 278 g/mol. The first-order valence-electron chi connectivity index (χ1n) is 6.09. The Hall–Kier alpha value is -1.92. The van der Waals surface area contributed by atoms with Gasteiger partial charge in [0, 0.05) is 0 Å². The molecule has 0 aliphatic rings. The van der Waals surface area contributed by atoms with Gasteiger partial charge in [0.1, 0.15) is 12.7 Å². The number of halogens is 1.